The minimum atomic E-state index is -1.99. The van der Waals surface area contributed by atoms with Crippen molar-refractivity contribution in [1.29, 1.82) is 0 Å². The van der Waals surface area contributed by atoms with E-state index in [4.69, 9.17) is 28.8 Å². The third-order valence-corrected chi connectivity index (χ3v) is 9.14. The first kappa shape index (κ1) is 48.1. The number of hydrogen-bond donors (Lipinski definition) is 6. The third-order valence-electron chi connectivity index (χ3n) is 9.14. The third kappa shape index (κ3) is 14.9. The highest BCUT2D eigenvalue weighted by molar-refractivity contribution is 5.87. The lowest BCUT2D eigenvalue weighted by atomic mass is 9.98. The van der Waals surface area contributed by atoms with E-state index in [9.17, 15) is 49.5 Å². The van der Waals surface area contributed by atoms with Crippen LogP contribution < -0.4 is 0 Å². The van der Waals surface area contributed by atoms with Gasteiger partial charge < -0.3 is 54.3 Å². The molecule has 51 heavy (non-hydrogen) atoms. The Balaban J connectivity index is 6.05. The molecule has 0 rings (SSSR count). The zero-order chi connectivity index (χ0) is 39.7. The van der Waals surface area contributed by atoms with Crippen molar-refractivity contribution in [2.24, 2.45) is 29.6 Å². The summed E-state index contributed by atoms with van der Waals surface area (Å²) in [5, 5.41) is 58.7. The van der Waals surface area contributed by atoms with Crippen LogP contribution in [0.4, 0.5) is 0 Å². The van der Waals surface area contributed by atoms with Gasteiger partial charge in [0.1, 0.15) is 31.0 Å². The molecule has 0 radical (unpaired) electrons. The van der Waals surface area contributed by atoms with Gasteiger partial charge in [-0.3, -0.25) is 0 Å². The summed E-state index contributed by atoms with van der Waals surface area (Å²) < 4.78 is 27.0. The van der Waals surface area contributed by atoms with Crippen LogP contribution in [0.1, 0.15) is 94.9 Å². The van der Waals surface area contributed by atoms with E-state index in [0.29, 0.717) is 25.7 Å². The SMILES string of the molecule is CC[C@@H](C)[C@H](OC(=O)[C@@H](OC(=O)[C@@H](OC(=O)[C@@H](O)[C@@H](C)CC)[C@@H](C)CC)[C@@H](C)CC)C(=O)O[C@H](C(=O)OC[C@H](O)[C@H](O)[C@H](O)[C@H](O)CO)C(C)C. The molecular weight excluding hydrogens is 676 g/mol. The van der Waals surface area contributed by atoms with E-state index in [0.717, 1.165) is 0 Å². The number of ether oxygens (including phenoxy) is 5. The molecule has 298 valence electrons. The number of aliphatic hydroxyl groups excluding tert-OH is 6. The van der Waals surface area contributed by atoms with Crippen molar-refractivity contribution in [2.75, 3.05) is 13.2 Å². The number of carbonyl (C=O) groups is 5. The standard InChI is InChI=1S/C35H62O16/c1-11-18(7)24(39)31(42)49-28(19(8)12-2)34(45)51-30(21(10)14-4)35(46)50-29(20(9)13-3)33(44)48-27(17(5)6)32(43)47-16-23(38)26(41)25(40)22(37)15-36/h17-30,36-41H,11-16H2,1-10H3/t18-,19-,20+,21-,22+,23-,24-,25+,26-,27-,28-,29-,30-/m0/s1. The summed E-state index contributed by atoms with van der Waals surface area (Å²) in [4.78, 5) is 66.0. The van der Waals surface area contributed by atoms with Crippen LogP contribution in [0.2, 0.25) is 0 Å². The molecule has 0 aromatic rings. The van der Waals surface area contributed by atoms with Crippen molar-refractivity contribution >= 4 is 29.8 Å². The van der Waals surface area contributed by atoms with E-state index in [1.54, 1.807) is 55.4 Å². The lowest BCUT2D eigenvalue weighted by Crippen LogP contribution is -2.48. The summed E-state index contributed by atoms with van der Waals surface area (Å²) >= 11 is 0. The maximum Gasteiger partial charge on any atom is 0.348 e. The molecule has 0 bridgehead atoms. The van der Waals surface area contributed by atoms with Crippen LogP contribution >= 0.6 is 0 Å². The fraction of sp³-hybridized carbons (Fsp3) is 0.857. The Morgan fingerprint density at radius 3 is 1.14 bits per heavy atom. The van der Waals surface area contributed by atoms with Crippen LogP contribution in [-0.2, 0) is 47.7 Å². The minimum absolute atomic E-state index is 0.314. The first-order valence-corrected chi connectivity index (χ1v) is 17.7. The number of hydrogen-bond acceptors (Lipinski definition) is 16. The summed E-state index contributed by atoms with van der Waals surface area (Å²) in [6.07, 6.45) is -13.7. The second-order valence-electron chi connectivity index (χ2n) is 13.6. The molecule has 16 nitrogen and oxygen atoms in total. The van der Waals surface area contributed by atoms with Crippen molar-refractivity contribution in [3.8, 4) is 0 Å². The van der Waals surface area contributed by atoms with Crippen LogP contribution in [0.5, 0.6) is 0 Å². The lowest BCUT2D eigenvalue weighted by molar-refractivity contribution is -0.196. The monoisotopic (exact) mass is 738 g/mol. The van der Waals surface area contributed by atoms with Crippen LogP contribution in [0.25, 0.3) is 0 Å². The van der Waals surface area contributed by atoms with Crippen molar-refractivity contribution < 1.29 is 78.3 Å². The van der Waals surface area contributed by atoms with E-state index in [1.807, 2.05) is 0 Å². The van der Waals surface area contributed by atoms with E-state index < -0.39 is 128 Å². The van der Waals surface area contributed by atoms with Gasteiger partial charge in [-0.2, -0.15) is 0 Å². The summed E-state index contributed by atoms with van der Waals surface area (Å²) in [5.41, 5.74) is 0. The second-order valence-corrected chi connectivity index (χ2v) is 13.6. The zero-order valence-electron chi connectivity index (χ0n) is 31.6. The molecule has 0 spiro atoms. The molecule has 0 amide bonds. The van der Waals surface area contributed by atoms with Gasteiger partial charge in [-0.25, -0.2) is 24.0 Å². The Kier molecular flexibility index (Phi) is 22.3. The average Bonchev–Trinajstić information content (AvgIpc) is 3.12. The summed E-state index contributed by atoms with van der Waals surface area (Å²) in [7, 11) is 0. The Bertz CT molecular complexity index is 1080. The van der Waals surface area contributed by atoms with Crippen molar-refractivity contribution in [1.82, 2.24) is 0 Å². The normalized spacial score (nSPS) is 19.4. The lowest BCUT2D eigenvalue weighted by Gasteiger charge is -2.30. The number of aliphatic hydroxyl groups is 6. The molecule has 0 saturated carbocycles. The molecule has 0 heterocycles. The Labute approximate surface area is 300 Å². The van der Waals surface area contributed by atoms with Gasteiger partial charge in [0, 0.05) is 23.7 Å². The molecule has 0 aliphatic heterocycles. The Morgan fingerprint density at radius 2 is 0.804 bits per heavy atom. The van der Waals surface area contributed by atoms with Crippen molar-refractivity contribution in [3.05, 3.63) is 0 Å². The van der Waals surface area contributed by atoms with Gasteiger partial charge in [0.2, 0.25) is 24.4 Å². The van der Waals surface area contributed by atoms with Gasteiger partial charge in [0.05, 0.1) is 6.61 Å². The van der Waals surface area contributed by atoms with Gasteiger partial charge >= 0.3 is 29.8 Å². The smallest absolute Gasteiger partial charge is 0.348 e. The summed E-state index contributed by atoms with van der Waals surface area (Å²) in [5.74, 6) is -8.31. The molecule has 0 fully saturated rings. The molecule has 6 N–H and O–H groups in total. The molecule has 0 aromatic heterocycles. The van der Waals surface area contributed by atoms with Crippen LogP contribution in [0.3, 0.4) is 0 Å². The Hall–Kier alpha value is -2.89. The molecule has 0 unspecified atom stereocenters. The summed E-state index contributed by atoms with van der Waals surface area (Å²) in [6.45, 7) is 14.8. The fourth-order valence-electron chi connectivity index (χ4n) is 4.43. The van der Waals surface area contributed by atoms with Crippen molar-refractivity contribution in [3.63, 3.8) is 0 Å². The van der Waals surface area contributed by atoms with Gasteiger partial charge in [-0.1, -0.05) is 75.7 Å². The largest absolute Gasteiger partial charge is 0.460 e. The number of carbonyl (C=O) groups excluding carboxylic acids is 5. The van der Waals surface area contributed by atoms with E-state index in [1.165, 1.54) is 13.8 Å². The average molecular weight is 739 g/mol. The fourth-order valence-corrected chi connectivity index (χ4v) is 4.43. The topological polar surface area (TPSA) is 253 Å². The predicted molar refractivity (Wildman–Crippen MR) is 180 cm³/mol. The second kappa shape index (κ2) is 23.6. The molecule has 13 atom stereocenters. The maximum absolute atomic E-state index is 13.6. The highest BCUT2D eigenvalue weighted by Crippen LogP contribution is 2.24. The molecular formula is C35H62O16. The molecule has 0 aromatic carbocycles. The molecule has 0 aliphatic rings. The zero-order valence-corrected chi connectivity index (χ0v) is 31.6. The summed E-state index contributed by atoms with van der Waals surface area (Å²) in [6, 6.07) is 0. The number of esters is 5. The van der Waals surface area contributed by atoms with Crippen LogP contribution in [0, 0.1) is 29.6 Å². The first-order chi connectivity index (χ1) is 23.7. The quantitative estimate of drug-likeness (QED) is 0.0592. The highest BCUT2D eigenvalue weighted by atomic mass is 16.6. The van der Waals surface area contributed by atoms with E-state index in [2.05, 4.69) is 0 Å². The Morgan fingerprint density at radius 1 is 0.471 bits per heavy atom. The van der Waals surface area contributed by atoms with E-state index in [-0.39, 0.29) is 0 Å². The number of rotatable bonds is 24. The van der Waals surface area contributed by atoms with Crippen molar-refractivity contribution in [2.45, 2.75) is 150 Å². The van der Waals surface area contributed by atoms with Gasteiger partial charge in [-0.05, 0) is 25.2 Å². The van der Waals surface area contributed by atoms with Gasteiger partial charge in [-0.15, -0.1) is 0 Å². The van der Waals surface area contributed by atoms with Gasteiger partial charge in [0.15, 0.2) is 6.10 Å². The molecule has 0 aliphatic carbocycles. The van der Waals surface area contributed by atoms with Crippen LogP contribution in [0.15, 0.2) is 0 Å². The molecule has 0 saturated heterocycles. The van der Waals surface area contributed by atoms with Gasteiger partial charge in [0.25, 0.3) is 0 Å². The predicted octanol–water partition coefficient (Wildman–Crippen LogP) is 0.814. The first-order valence-electron chi connectivity index (χ1n) is 17.7. The minimum Gasteiger partial charge on any atom is -0.460 e. The van der Waals surface area contributed by atoms with Crippen LogP contribution in [-0.4, -0.2) is 129 Å². The van der Waals surface area contributed by atoms with E-state index >= 15 is 0 Å². The maximum atomic E-state index is 13.6. The molecule has 16 heteroatoms. The highest BCUT2D eigenvalue weighted by Gasteiger charge is 2.42.